The van der Waals surface area contributed by atoms with E-state index in [2.05, 4.69) is 6.92 Å². The molecule has 0 amide bonds. The molecule has 4 rings (SSSR count). The summed E-state index contributed by atoms with van der Waals surface area (Å²) in [5.41, 5.74) is -0.383. The first-order valence-corrected chi connectivity index (χ1v) is 13.6. The largest absolute Gasteiger partial charge is 0.490 e. The molecule has 2 aromatic rings. The predicted octanol–water partition coefficient (Wildman–Crippen LogP) is 9.43. The molecule has 2 aromatic carbocycles. The Morgan fingerprint density at radius 3 is 2.14 bits per heavy atom. The number of benzene rings is 2. The standard InChI is InChI=1S/C31H38F4O/c1-3-5-6-8-22-13-14-25(29(33)28(22)32)26-15-16-27(31(35)30(26)34)36-19-21-10-12-23-17-20(7-4-2)9-11-24(23)18-21/h3,5,13-16,20-21,23-24H,4,6-12,17-19H2,1-2H3. The topological polar surface area (TPSA) is 9.23 Å². The van der Waals surface area contributed by atoms with Crippen molar-refractivity contribution >= 4 is 0 Å². The van der Waals surface area contributed by atoms with E-state index in [0.717, 1.165) is 24.7 Å². The fourth-order valence-corrected chi connectivity index (χ4v) is 6.36. The van der Waals surface area contributed by atoms with Crippen LogP contribution >= 0.6 is 0 Å². The van der Waals surface area contributed by atoms with Gasteiger partial charge in [0.25, 0.3) is 0 Å². The molecule has 4 atom stereocenters. The van der Waals surface area contributed by atoms with Crippen LogP contribution in [-0.2, 0) is 6.42 Å². The maximum Gasteiger partial charge on any atom is 0.201 e. The van der Waals surface area contributed by atoms with Crippen LogP contribution in [0.4, 0.5) is 17.6 Å². The van der Waals surface area contributed by atoms with Crippen molar-refractivity contribution in [3.8, 4) is 16.9 Å². The van der Waals surface area contributed by atoms with Crippen LogP contribution < -0.4 is 4.74 Å². The van der Waals surface area contributed by atoms with Crippen LogP contribution in [0.5, 0.6) is 5.75 Å². The summed E-state index contributed by atoms with van der Waals surface area (Å²) >= 11 is 0. The Balaban J connectivity index is 1.40. The lowest BCUT2D eigenvalue weighted by Gasteiger charge is -2.42. The number of ether oxygens (including phenoxy) is 1. The third-order valence-electron chi connectivity index (χ3n) is 8.32. The molecule has 0 bridgehead atoms. The lowest BCUT2D eigenvalue weighted by Crippen LogP contribution is -2.33. The van der Waals surface area contributed by atoms with Gasteiger partial charge in [-0.25, -0.2) is 13.2 Å². The van der Waals surface area contributed by atoms with E-state index < -0.39 is 23.3 Å². The van der Waals surface area contributed by atoms with Gasteiger partial charge in [-0.15, -0.1) is 0 Å². The number of halogens is 4. The van der Waals surface area contributed by atoms with E-state index in [4.69, 9.17) is 4.74 Å². The van der Waals surface area contributed by atoms with Gasteiger partial charge >= 0.3 is 0 Å². The van der Waals surface area contributed by atoms with Crippen molar-refractivity contribution in [2.24, 2.45) is 23.7 Å². The van der Waals surface area contributed by atoms with Crippen molar-refractivity contribution in [3.05, 3.63) is 65.2 Å². The monoisotopic (exact) mass is 502 g/mol. The molecule has 2 saturated carbocycles. The number of aryl methyl sites for hydroxylation is 1. The average Bonchev–Trinajstić information content (AvgIpc) is 2.88. The molecule has 0 radical (unpaired) electrons. The highest BCUT2D eigenvalue weighted by atomic mass is 19.2. The zero-order valence-corrected chi connectivity index (χ0v) is 21.5. The van der Waals surface area contributed by atoms with Gasteiger partial charge < -0.3 is 4.74 Å². The highest BCUT2D eigenvalue weighted by Crippen LogP contribution is 2.46. The summed E-state index contributed by atoms with van der Waals surface area (Å²) in [6, 6.07) is 5.35. The van der Waals surface area contributed by atoms with Crippen molar-refractivity contribution < 1.29 is 22.3 Å². The van der Waals surface area contributed by atoms with Gasteiger partial charge in [0.15, 0.2) is 23.2 Å². The quantitative estimate of drug-likeness (QED) is 0.245. The first kappa shape index (κ1) is 26.8. The molecule has 4 unspecified atom stereocenters. The zero-order valence-electron chi connectivity index (χ0n) is 21.5. The molecule has 2 aliphatic carbocycles. The van der Waals surface area contributed by atoms with Crippen LogP contribution in [-0.4, -0.2) is 6.61 Å². The van der Waals surface area contributed by atoms with E-state index in [9.17, 15) is 17.6 Å². The number of fused-ring (bicyclic) bond motifs is 1. The molecule has 0 heterocycles. The van der Waals surface area contributed by atoms with Gasteiger partial charge in [-0.3, -0.25) is 0 Å². The smallest absolute Gasteiger partial charge is 0.201 e. The number of hydrogen-bond donors (Lipinski definition) is 0. The summed E-state index contributed by atoms with van der Waals surface area (Å²) in [6.45, 7) is 4.46. The van der Waals surface area contributed by atoms with Crippen LogP contribution in [0.2, 0.25) is 0 Å². The second-order valence-electron chi connectivity index (χ2n) is 10.7. The molecule has 0 N–H and O–H groups in total. The van der Waals surface area contributed by atoms with Gasteiger partial charge in [0.05, 0.1) is 6.61 Å². The minimum absolute atomic E-state index is 0.172. The van der Waals surface area contributed by atoms with Crippen LogP contribution in [0.15, 0.2) is 36.4 Å². The van der Waals surface area contributed by atoms with Crippen molar-refractivity contribution in [1.29, 1.82) is 0 Å². The summed E-state index contributed by atoms with van der Waals surface area (Å²) in [5, 5.41) is 0. The summed E-state index contributed by atoms with van der Waals surface area (Å²) in [4.78, 5) is 0. The summed E-state index contributed by atoms with van der Waals surface area (Å²) in [6.07, 6.45) is 14.4. The Kier molecular flexibility index (Phi) is 9.14. The maximum absolute atomic E-state index is 14.9. The van der Waals surface area contributed by atoms with E-state index in [1.165, 1.54) is 62.8 Å². The fourth-order valence-electron chi connectivity index (χ4n) is 6.36. The molecular formula is C31H38F4O. The second kappa shape index (κ2) is 12.3. The zero-order chi connectivity index (χ0) is 25.7. The molecule has 0 spiro atoms. The molecular weight excluding hydrogens is 464 g/mol. The van der Waals surface area contributed by atoms with Crippen molar-refractivity contribution in [3.63, 3.8) is 0 Å². The number of hydrogen-bond acceptors (Lipinski definition) is 1. The third kappa shape index (κ3) is 5.98. The molecule has 0 saturated heterocycles. The summed E-state index contributed by atoms with van der Waals surface area (Å²) in [5.74, 6) is -2.02. The van der Waals surface area contributed by atoms with E-state index in [1.54, 1.807) is 0 Å². The van der Waals surface area contributed by atoms with Gasteiger partial charge in [0, 0.05) is 11.1 Å². The van der Waals surface area contributed by atoms with Crippen LogP contribution in [0.1, 0.15) is 77.2 Å². The molecule has 5 heteroatoms. The van der Waals surface area contributed by atoms with Gasteiger partial charge in [-0.1, -0.05) is 50.5 Å². The SMILES string of the molecule is CC=CCCc1ccc(-c2ccc(OCC3CCC4CC(CCC)CCC4C3)c(F)c2F)c(F)c1F. The van der Waals surface area contributed by atoms with Crippen molar-refractivity contribution in [1.82, 2.24) is 0 Å². The normalized spacial score (nSPS) is 24.2. The Bertz CT molecular complexity index is 1060. The lowest BCUT2D eigenvalue weighted by atomic mass is 9.64. The highest BCUT2D eigenvalue weighted by Gasteiger charge is 2.35. The lowest BCUT2D eigenvalue weighted by molar-refractivity contribution is 0.0739. The van der Waals surface area contributed by atoms with E-state index in [1.807, 2.05) is 19.1 Å². The minimum atomic E-state index is -1.22. The molecule has 196 valence electrons. The minimum Gasteiger partial charge on any atom is -0.490 e. The first-order chi connectivity index (χ1) is 17.4. The molecule has 36 heavy (non-hydrogen) atoms. The summed E-state index contributed by atoms with van der Waals surface area (Å²) < 4.78 is 64.8. The number of allylic oxidation sites excluding steroid dienone is 2. The van der Waals surface area contributed by atoms with Gasteiger partial charge in [0.2, 0.25) is 5.82 Å². The van der Waals surface area contributed by atoms with Crippen LogP contribution in [0, 0.1) is 46.9 Å². The Hall–Kier alpha value is -2.30. The molecule has 0 aromatic heterocycles. The molecule has 2 aliphatic rings. The van der Waals surface area contributed by atoms with Crippen molar-refractivity contribution in [2.45, 2.75) is 78.1 Å². The van der Waals surface area contributed by atoms with E-state index >= 15 is 0 Å². The first-order valence-electron chi connectivity index (χ1n) is 13.6. The average molecular weight is 503 g/mol. The second-order valence-corrected chi connectivity index (χ2v) is 10.7. The van der Waals surface area contributed by atoms with Gasteiger partial charge in [-0.05, 0) is 93.2 Å². The highest BCUT2D eigenvalue weighted by molar-refractivity contribution is 5.66. The Morgan fingerprint density at radius 1 is 0.806 bits per heavy atom. The van der Waals surface area contributed by atoms with E-state index in [0.29, 0.717) is 31.3 Å². The van der Waals surface area contributed by atoms with Crippen LogP contribution in [0.3, 0.4) is 0 Å². The van der Waals surface area contributed by atoms with Gasteiger partial charge in [-0.2, -0.15) is 4.39 Å². The Morgan fingerprint density at radius 2 is 1.44 bits per heavy atom. The number of rotatable bonds is 9. The molecule has 0 aliphatic heterocycles. The Labute approximate surface area is 212 Å². The van der Waals surface area contributed by atoms with E-state index in [-0.39, 0.29) is 22.4 Å². The fraction of sp³-hybridized carbons (Fsp3) is 0.548. The van der Waals surface area contributed by atoms with Crippen LogP contribution in [0.25, 0.3) is 11.1 Å². The molecule has 2 fully saturated rings. The van der Waals surface area contributed by atoms with Crippen molar-refractivity contribution in [2.75, 3.05) is 6.61 Å². The third-order valence-corrected chi connectivity index (χ3v) is 8.32. The maximum atomic E-state index is 14.9. The summed E-state index contributed by atoms with van der Waals surface area (Å²) in [7, 11) is 0. The molecule has 1 nitrogen and oxygen atoms in total. The predicted molar refractivity (Wildman–Crippen MR) is 137 cm³/mol. The van der Waals surface area contributed by atoms with Gasteiger partial charge in [0.1, 0.15) is 0 Å².